The maximum atomic E-state index is 11.5. The molecule has 1 aromatic carbocycles. The molecule has 1 rings (SSSR count). The SMILES string of the molecule is Cc1ccc(C(C)(C)C(C)(C)NS(C)(=O)=O)cc1. The lowest BCUT2D eigenvalue weighted by Gasteiger charge is -2.42. The molecule has 0 aliphatic rings. The smallest absolute Gasteiger partial charge is 0.209 e. The Labute approximate surface area is 111 Å². The van der Waals surface area contributed by atoms with E-state index in [0.717, 1.165) is 5.56 Å². The molecule has 0 heterocycles. The molecule has 0 fully saturated rings. The van der Waals surface area contributed by atoms with Crippen LogP contribution in [0, 0.1) is 6.92 Å². The number of nitrogens with one attached hydrogen (secondary N) is 1. The van der Waals surface area contributed by atoms with Gasteiger partial charge in [0.1, 0.15) is 0 Å². The van der Waals surface area contributed by atoms with Gasteiger partial charge in [0.05, 0.1) is 6.26 Å². The zero-order valence-corrected chi connectivity index (χ0v) is 12.9. The first-order chi connectivity index (χ1) is 7.96. The summed E-state index contributed by atoms with van der Waals surface area (Å²) in [6, 6.07) is 8.21. The molecule has 0 saturated heterocycles. The van der Waals surface area contributed by atoms with Gasteiger partial charge in [-0.15, -0.1) is 0 Å². The van der Waals surface area contributed by atoms with Crippen LogP contribution in [0.2, 0.25) is 0 Å². The van der Waals surface area contributed by atoms with Crippen LogP contribution < -0.4 is 4.72 Å². The van der Waals surface area contributed by atoms with E-state index in [4.69, 9.17) is 0 Å². The van der Waals surface area contributed by atoms with Crippen LogP contribution >= 0.6 is 0 Å². The van der Waals surface area contributed by atoms with Crippen LogP contribution in [0.25, 0.3) is 0 Å². The minimum atomic E-state index is -3.23. The lowest BCUT2D eigenvalue weighted by molar-refractivity contribution is 0.278. The number of hydrogen-bond donors (Lipinski definition) is 1. The molecule has 0 unspecified atom stereocenters. The molecular weight excluding hydrogens is 246 g/mol. The highest BCUT2D eigenvalue weighted by atomic mass is 32.2. The summed E-state index contributed by atoms with van der Waals surface area (Å²) in [5.41, 5.74) is 1.46. The predicted molar refractivity (Wildman–Crippen MR) is 76.3 cm³/mol. The fourth-order valence-corrected chi connectivity index (χ4v) is 3.10. The molecule has 3 nitrogen and oxygen atoms in total. The van der Waals surface area contributed by atoms with Crippen molar-refractivity contribution in [3.63, 3.8) is 0 Å². The number of aryl methyl sites for hydroxylation is 1. The van der Waals surface area contributed by atoms with Gasteiger partial charge in [-0.2, -0.15) is 0 Å². The average Bonchev–Trinajstić information content (AvgIpc) is 2.14. The average molecular weight is 269 g/mol. The molecule has 0 bridgehead atoms. The van der Waals surface area contributed by atoms with E-state index in [1.54, 1.807) is 0 Å². The Kier molecular flexibility index (Phi) is 3.94. The highest BCUT2D eigenvalue weighted by Gasteiger charge is 2.40. The van der Waals surface area contributed by atoms with Gasteiger partial charge in [0.2, 0.25) is 10.0 Å². The largest absolute Gasteiger partial charge is 0.213 e. The minimum Gasteiger partial charge on any atom is -0.213 e. The van der Waals surface area contributed by atoms with Gasteiger partial charge in [-0.25, -0.2) is 13.1 Å². The third-order valence-electron chi connectivity index (χ3n) is 3.78. The van der Waals surface area contributed by atoms with Crippen molar-refractivity contribution in [2.75, 3.05) is 6.26 Å². The van der Waals surface area contributed by atoms with E-state index in [0.29, 0.717) is 0 Å². The second-order valence-electron chi connectivity index (χ2n) is 5.99. The van der Waals surface area contributed by atoms with Crippen molar-refractivity contribution in [2.45, 2.75) is 45.6 Å². The van der Waals surface area contributed by atoms with Gasteiger partial charge in [-0.05, 0) is 26.3 Å². The van der Waals surface area contributed by atoms with E-state index in [1.165, 1.54) is 11.8 Å². The zero-order chi connectivity index (χ0) is 14.2. The summed E-state index contributed by atoms with van der Waals surface area (Å²) >= 11 is 0. The van der Waals surface area contributed by atoms with Crippen LogP contribution in [0.1, 0.15) is 38.8 Å². The number of hydrogen-bond acceptors (Lipinski definition) is 2. The van der Waals surface area contributed by atoms with Crippen LogP contribution in [-0.4, -0.2) is 20.2 Å². The maximum absolute atomic E-state index is 11.5. The molecule has 18 heavy (non-hydrogen) atoms. The van der Waals surface area contributed by atoms with E-state index in [2.05, 4.69) is 30.7 Å². The Bertz CT molecular complexity index is 513. The predicted octanol–water partition coefficient (Wildman–Crippen LogP) is 2.60. The summed E-state index contributed by atoms with van der Waals surface area (Å²) in [6.45, 7) is 9.96. The van der Waals surface area contributed by atoms with Crippen molar-refractivity contribution in [3.8, 4) is 0 Å². The third-order valence-corrected chi connectivity index (χ3v) is 4.66. The van der Waals surface area contributed by atoms with Gasteiger partial charge in [0.15, 0.2) is 0 Å². The van der Waals surface area contributed by atoms with Crippen molar-refractivity contribution in [3.05, 3.63) is 35.4 Å². The first kappa shape index (κ1) is 15.2. The van der Waals surface area contributed by atoms with Crippen molar-refractivity contribution >= 4 is 10.0 Å². The molecule has 0 spiro atoms. The highest BCUT2D eigenvalue weighted by Crippen LogP contribution is 2.35. The van der Waals surface area contributed by atoms with Crippen molar-refractivity contribution in [2.24, 2.45) is 0 Å². The monoisotopic (exact) mass is 269 g/mol. The summed E-state index contributed by atoms with van der Waals surface area (Å²) in [7, 11) is -3.23. The quantitative estimate of drug-likeness (QED) is 0.913. The topological polar surface area (TPSA) is 46.2 Å². The van der Waals surface area contributed by atoms with E-state index in [9.17, 15) is 8.42 Å². The fourth-order valence-electron chi connectivity index (χ4n) is 1.92. The van der Waals surface area contributed by atoms with Crippen LogP contribution in [0.3, 0.4) is 0 Å². The van der Waals surface area contributed by atoms with Gasteiger partial charge in [0, 0.05) is 11.0 Å². The summed E-state index contributed by atoms with van der Waals surface area (Å²) in [4.78, 5) is 0. The fraction of sp³-hybridized carbons (Fsp3) is 0.571. The van der Waals surface area contributed by atoms with E-state index in [-0.39, 0.29) is 5.41 Å². The highest BCUT2D eigenvalue weighted by molar-refractivity contribution is 7.88. The van der Waals surface area contributed by atoms with Crippen molar-refractivity contribution < 1.29 is 8.42 Å². The normalized spacial score (nSPS) is 13.7. The van der Waals surface area contributed by atoms with E-state index >= 15 is 0 Å². The van der Waals surface area contributed by atoms with E-state index < -0.39 is 15.6 Å². The Morgan fingerprint density at radius 2 is 1.44 bits per heavy atom. The first-order valence-corrected chi connectivity index (χ1v) is 7.91. The summed E-state index contributed by atoms with van der Waals surface area (Å²) in [5, 5.41) is 0. The van der Waals surface area contributed by atoms with E-state index in [1.807, 2.05) is 32.9 Å². The van der Waals surface area contributed by atoms with Crippen LogP contribution in [0.4, 0.5) is 0 Å². The lowest BCUT2D eigenvalue weighted by Crippen LogP contribution is -2.55. The lowest BCUT2D eigenvalue weighted by atomic mass is 9.70. The van der Waals surface area contributed by atoms with Crippen LogP contribution in [-0.2, 0) is 15.4 Å². The Balaban J connectivity index is 3.16. The second-order valence-corrected chi connectivity index (χ2v) is 7.74. The Hall–Kier alpha value is -0.870. The number of rotatable bonds is 4. The molecular formula is C14H23NO2S. The van der Waals surface area contributed by atoms with Crippen LogP contribution in [0.5, 0.6) is 0 Å². The zero-order valence-electron chi connectivity index (χ0n) is 12.0. The summed E-state index contributed by atoms with van der Waals surface area (Å²) in [6.07, 6.45) is 1.19. The Morgan fingerprint density at radius 3 is 1.83 bits per heavy atom. The van der Waals surface area contributed by atoms with Gasteiger partial charge >= 0.3 is 0 Å². The first-order valence-electron chi connectivity index (χ1n) is 6.02. The molecule has 0 atom stereocenters. The Morgan fingerprint density at radius 1 is 1.00 bits per heavy atom. The van der Waals surface area contributed by atoms with Gasteiger partial charge < -0.3 is 0 Å². The van der Waals surface area contributed by atoms with Crippen LogP contribution in [0.15, 0.2) is 24.3 Å². The van der Waals surface area contributed by atoms with Crippen molar-refractivity contribution in [1.82, 2.24) is 4.72 Å². The standard InChI is InChI=1S/C14H23NO2S/c1-11-7-9-12(10-8-11)13(2,3)14(4,5)15-18(6,16)17/h7-10,15H,1-6H3. The molecule has 1 N–H and O–H groups in total. The van der Waals surface area contributed by atoms with Crippen molar-refractivity contribution in [1.29, 1.82) is 0 Å². The minimum absolute atomic E-state index is 0.302. The number of sulfonamides is 1. The molecule has 1 aromatic rings. The van der Waals surface area contributed by atoms with Gasteiger partial charge in [-0.1, -0.05) is 43.7 Å². The summed E-state index contributed by atoms with van der Waals surface area (Å²) in [5.74, 6) is 0. The molecule has 0 saturated carbocycles. The molecule has 0 amide bonds. The number of benzene rings is 1. The molecule has 0 aliphatic carbocycles. The molecule has 0 aliphatic heterocycles. The van der Waals surface area contributed by atoms with Gasteiger partial charge in [-0.3, -0.25) is 0 Å². The molecule has 4 heteroatoms. The molecule has 0 radical (unpaired) electrons. The molecule has 102 valence electrons. The maximum Gasteiger partial charge on any atom is 0.209 e. The molecule has 0 aromatic heterocycles. The van der Waals surface area contributed by atoms with Gasteiger partial charge in [0.25, 0.3) is 0 Å². The second kappa shape index (κ2) is 4.67. The summed E-state index contributed by atoms with van der Waals surface area (Å²) < 4.78 is 25.7. The third kappa shape index (κ3) is 3.33.